The van der Waals surface area contributed by atoms with Crippen LogP contribution in [0.4, 0.5) is 10.1 Å². The molecule has 1 radical (unpaired) electrons. The highest BCUT2D eigenvalue weighted by Crippen LogP contribution is 2.33. The zero-order valence-corrected chi connectivity index (χ0v) is 13.6. The quantitative estimate of drug-likeness (QED) is 0.685. The molecule has 2 aromatic carbocycles. The van der Waals surface area contributed by atoms with E-state index < -0.39 is 0 Å². The third kappa shape index (κ3) is 3.43. The Labute approximate surface area is 141 Å². The third-order valence-electron chi connectivity index (χ3n) is 4.35. The Morgan fingerprint density at radius 2 is 2.25 bits per heavy atom. The summed E-state index contributed by atoms with van der Waals surface area (Å²) >= 11 is 0. The van der Waals surface area contributed by atoms with Crippen molar-refractivity contribution in [2.75, 3.05) is 18.8 Å². The van der Waals surface area contributed by atoms with E-state index in [1.54, 1.807) is 24.0 Å². The second kappa shape index (κ2) is 6.79. The fraction of sp³-hybridized carbons (Fsp3) is 0.316. The van der Waals surface area contributed by atoms with Crippen molar-refractivity contribution in [3.8, 4) is 17.7 Å². The lowest BCUT2D eigenvalue weighted by molar-refractivity contribution is 0.291. The molecular weight excluding hydrogens is 305 g/mol. The highest BCUT2D eigenvalue weighted by atomic mass is 19.1. The van der Waals surface area contributed by atoms with Gasteiger partial charge in [-0.05, 0) is 49.1 Å². The lowest BCUT2D eigenvalue weighted by Crippen LogP contribution is -2.30. The number of likely N-dealkylation sites (tertiary alicyclic amines) is 1. The Kier molecular flexibility index (Phi) is 4.57. The Bertz CT molecular complexity index is 785. The summed E-state index contributed by atoms with van der Waals surface area (Å²) in [7, 11) is 0. The molecule has 0 amide bonds. The molecule has 123 valence electrons. The van der Waals surface area contributed by atoms with Gasteiger partial charge in [-0.3, -0.25) is 0 Å². The minimum Gasteiger partial charge on any atom is -0.454 e. The molecule has 2 N–H and O–H groups in total. The van der Waals surface area contributed by atoms with Gasteiger partial charge in [0.1, 0.15) is 11.6 Å². The fourth-order valence-corrected chi connectivity index (χ4v) is 2.94. The number of nitrogen functional groups attached to an aromatic ring is 1. The van der Waals surface area contributed by atoms with E-state index in [1.165, 1.54) is 6.07 Å². The summed E-state index contributed by atoms with van der Waals surface area (Å²) in [4.78, 5) is 1.77. The van der Waals surface area contributed by atoms with Gasteiger partial charge in [0.2, 0.25) is 0 Å². The maximum atomic E-state index is 13.6. The summed E-state index contributed by atoms with van der Waals surface area (Å²) in [5.74, 6) is 0.724. The van der Waals surface area contributed by atoms with E-state index in [2.05, 4.69) is 12.3 Å². The number of nitrogens with two attached hydrogens (primary N) is 1. The van der Waals surface area contributed by atoms with Gasteiger partial charge in [0, 0.05) is 31.1 Å². The molecule has 1 aliphatic rings. The van der Waals surface area contributed by atoms with E-state index in [-0.39, 0.29) is 11.7 Å². The Hall–Kier alpha value is -2.74. The number of piperidine rings is 1. The molecule has 0 aliphatic carbocycles. The third-order valence-corrected chi connectivity index (χ3v) is 4.35. The minimum atomic E-state index is -0.318. The van der Waals surface area contributed by atoms with E-state index in [4.69, 9.17) is 15.7 Å². The predicted octanol–water partition coefficient (Wildman–Crippen LogP) is 3.97. The van der Waals surface area contributed by atoms with Gasteiger partial charge in [-0.15, -0.1) is 0 Å². The molecule has 1 aliphatic heterocycles. The summed E-state index contributed by atoms with van der Waals surface area (Å²) in [5.41, 5.74) is 8.16. The monoisotopic (exact) mass is 324 g/mol. The number of hydrogen-bond donors (Lipinski definition) is 1. The standard InChI is InChI=1S/C19H19FN3O/c1-13-4-6-16(10-17(13)20)24-19-7-5-14(9-18(19)22)15-3-2-8-23(11-15)12-21/h4-6,9-10,15H,2-3,8,11,22H2,1H3. The van der Waals surface area contributed by atoms with Gasteiger partial charge in [0.15, 0.2) is 11.9 Å². The van der Waals surface area contributed by atoms with E-state index in [9.17, 15) is 4.39 Å². The van der Waals surface area contributed by atoms with Crippen molar-refractivity contribution in [2.24, 2.45) is 0 Å². The molecule has 0 spiro atoms. The van der Waals surface area contributed by atoms with Gasteiger partial charge in [-0.25, -0.2) is 4.39 Å². The van der Waals surface area contributed by atoms with Crippen LogP contribution in [0.5, 0.6) is 11.5 Å². The van der Waals surface area contributed by atoms with Crippen LogP contribution in [0.15, 0.2) is 30.3 Å². The van der Waals surface area contributed by atoms with E-state index >= 15 is 0 Å². The summed E-state index contributed by atoms with van der Waals surface area (Å²) in [6.07, 6.45) is 4.21. The van der Waals surface area contributed by atoms with Gasteiger partial charge in [0.25, 0.3) is 0 Å². The zero-order valence-electron chi connectivity index (χ0n) is 13.6. The second-order valence-corrected chi connectivity index (χ2v) is 6.12. The van der Waals surface area contributed by atoms with Gasteiger partial charge in [0.05, 0.1) is 5.69 Å². The molecule has 4 nitrogen and oxygen atoms in total. The molecule has 1 heterocycles. The van der Waals surface area contributed by atoms with Gasteiger partial charge in [-0.1, -0.05) is 6.07 Å². The van der Waals surface area contributed by atoms with Crippen LogP contribution in [-0.4, -0.2) is 18.0 Å². The number of halogens is 1. The maximum absolute atomic E-state index is 13.6. The largest absolute Gasteiger partial charge is 0.454 e. The summed E-state index contributed by atoms with van der Waals surface area (Å²) in [5, 5.41) is 9.05. The SMILES string of the molecule is Cc1ccc(Oc2[c]cc(C3CCCN(C#N)C3)cc2N)cc1F. The predicted molar refractivity (Wildman–Crippen MR) is 90.1 cm³/mol. The molecule has 1 saturated heterocycles. The van der Waals surface area contributed by atoms with Crippen LogP contribution in [0, 0.1) is 30.3 Å². The molecular formula is C19H19FN3O. The van der Waals surface area contributed by atoms with Gasteiger partial charge < -0.3 is 15.4 Å². The molecule has 1 unspecified atom stereocenters. The van der Waals surface area contributed by atoms with E-state index in [0.717, 1.165) is 24.9 Å². The maximum Gasteiger partial charge on any atom is 0.179 e. The number of hydrogen-bond acceptors (Lipinski definition) is 4. The molecule has 3 rings (SSSR count). The van der Waals surface area contributed by atoms with Gasteiger partial charge in [-0.2, -0.15) is 5.26 Å². The van der Waals surface area contributed by atoms with Crippen LogP contribution in [0.2, 0.25) is 0 Å². The summed E-state index contributed by atoms with van der Waals surface area (Å²) < 4.78 is 19.3. The van der Waals surface area contributed by atoms with Crippen molar-refractivity contribution in [2.45, 2.75) is 25.7 Å². The average Bonchev–Trinajstić information content (AvgIpc) is 2.60. The average molecular weight is 324 g/mol. The summed E-state index contributed by atoms with van der Waals surface area (Å²) in [6.45, 7) is 3.21. The smallest absolute Gasteiger partial charge is 0.179 e. The molecule has 24 heavy (non-hydrogen) atoms. The van der Waals surface area contributed by atoms with Crippen LogP contribution in [-0.2, 0) is 0 Å². The first-order valence-corrected chi connectivity index (χ1v) is 7.96. The molecule has 5 heteroatoms. The Balaban J connectivity index is 1.77. The highest BCUT2D eigenvalue weighted by Gasteiger charge is 2.21. The first-order valence-electron chi connectivity index (χ1n) is 7.96. The number of nitriles is 1. The van der Waals surface area contributed by atoms with Crippen molar-refractivity contribution in [3.63, 3.8) is 0 Å². The van der Waals surface area contributed by atoms with Crippen molar-refractivity contribution in [1.82, 2.24) is 4.90 Å². The van der Waals surface area contributed by atoms with E-state index in [1.807, 2.05) is 12.1 Å². The minimum absolute atomic E-state index is 0.266. The van der Waals surface area contributed by atoms with Gasteiger partial charge >= 0.3 is 0 Å². The van der Waals surface area contributed by atoms with Crippen LogP contribution < -0.4 is 10.5 Å². The van der Waals surface area contributed by atoms with Crippen molar-refractivity contribution in [3.05, 3.63) is 53.3 Å². The Morgan fingerprint density at radius 3 is 2.96 bits per heavy atom. The number of benzene rings is 2. The first kappa shape index (κ1) is 16.1. The molecule has 1 atom stereocenters. The lowest BCUT2D eigenvalue weighted by Gasteiger charge is -2.29. The van der Waals surface area contributed by atoms with Crippen LogP contribution in [0.1, 0.15) is 29.9 Å². The fourth-order valence-electron chi connectivity index (χ4n) is 2.94. The number of anilines is 1. The van der Waals surface area contributed by atoms with Crippen LogP contribution >= 0.6 is 0 Å². The van der Waals surface area contributed by atoms with E-state index in [0.29, 0.717) is 29.3 Å². The summed E-state index contributed by atoms with van der Waals surface area (Å²) in [6, 6.07) is 11.5. The number of rotatable bonds is 3. The lowest BCUT2D eigenvalue weighted by atomic mass is 9.90. The van der Waals surface area contributed by atoms with Crippen LogP contribution in [0.3, 0.4) is 0 Å². The number of aryl methyl sites for hydroxylation is 1. The number of ether oxygens (including phenoxy) is 1. The first-order chi connectivity index (χ1) is 11.6. The number of nitrogens with zero attached hydrogens (tertiary/aromatic N) is 2. The normalized spacial score (nSPS) is 17.4. The molecule has 0 saturated carbocycles. The van der Waals surface area contributed by atoms with Crippen molar-refractivity contribution >= 4 is 5.69 Å². The molecule has 0 bridgehead atoms. The Morgan fingerprint density at radius 1 is 1.42 bits per heavy atom. The zero-order chi connectivity index (χ0) is 17.1. The molecule has 0 aromatic heterocycles. The van der Waals surface area contributed by atoms with Crippen molar-refractivity contribution < 1.29 is 9.13 Å². The topological polar surface area (TPSA) is 62.3 Å². The molecule has 1 fully saturated rings. The van der Waals surface area contributed by atoms with Crippen LogP contribution in [0.25, 0.3) is 0 Å². The van der Waals surface area contributed by atoms with Crippen molar-refractivity contribution in [1.29, 1.82) is 5.26 Å². The molecule has 2 aromatic rings. The highest BCUT2D eigenvalue weighted by molar-refractivity contribution is 5.55. The second-order valence-electron chi connectivity index (χ2n) is 6.12.